The molecule has 0 aliphatic carbocycles. The van der Waals surface area contributed by atoms with Gasteiger partial charge in [0, 0.05) is 31.4 Å². The molecule has 0 spiro atoms. The number of piperidine rings is 1. The van der Waals surface area contributed by atoms with Crippen LogP contribution in [0.4, 0.5) is 10.5 Å². The Morgan fingerprint density at radius 1 is 1.05 bits per heavy atom. The summed E-state index contributed by atoms with van der Waals surface area (Å²) in [4.78, 5) is 30.4. The highest BCUT2D eigenvalue weighted by molar-refractivity contribution is 5.86. The zero-order valence-corrected chi connectivity index (χ0v) is 26.0. The zero-order valence-electron chi connectivity index (χ0n) is 26.0. The zero-order chi connectivity index (χ0) is 30.0. The van der Waals surface area contributed by atoms with Gasteiger partial charge in [0.05, 0.1) is 0 Å². The van der Waals surface area contributed by atoms with Crippen molar-refractivity contribution in [3.05, 3.63) is 71.8 Å². The van der Waals surface area contributed by atoms with E-state index in [0.717, 1.165) is 42.8 Å². The van der Waals surface area contributed by atoms with Gasteiger partial charge in [0.25, 0.3) is 0 Å². The second-order valence-corrected chi connectivity index (χ2v) is 12.3. The first-order valence-corrected chi connectivity index (χ1v) is 14.9. The predicted octanol–water partition coefficient (Wildman–Crippen LogP) is 6.97. The Kier molecular flexibility index (Phi) is 11.7. The minimum Gasteiger partial charge on any atom is -0.489 e. The number of nitrogens with one attached hydrogen (secondary N) is 1. The minimum absolute atomic E-state index is 0.00420. The quantitative estimate of drug-likeness (QED) is 0.299. The summed E-state index contributed by atoms with van der Waals surface area (Å²) in [7, 11) is 0. The Morgan fingerprint density at radius 3 is 2.24 bits per heavy atom. The van der Waals surface area contributed by atoms with Gasteiger partial charge in [-0.2, -0.15) is 0 Å². The molecule has 0 saturated carbocycles. The van der Waals surface area contributed by atoms with Gasteiger partial charge in [0.15, 0.2) is 0 Å². The molecule has 1 heterocycles. The van der Waals surface area contributed by atoms with E-state index in [4.69, 9.17) is 9.47 Å². The fourth-order valence-electron chi connectivity index (χ4n) is 4.93. The fraction of sp³-hybridized carbons (Fsp3) is 0.529. The van der Waals surface area contributed by atoms with Gasteiger partial charge < -0.3 is 24.6 Å². The van der Waals surface area contributed by atoms with Crippen molar-refractivity contribution in [2.45, 2.75) is 92.0 Å². The number of carbonyl (C=O) groups excluding carboxylic acids is 2. The van der Waals surface area contributed by atoms with E-state index in [9.17, 15) is 9.59 Å². The molecule has 1 N–H and O–H groups in total. The lowest BCUT2D eigenvalue weighted by Gasteiger charge is -2.41. The normalized spacial score (nSPS) is 15.4. The van der Waals surface area contributed by atoms with Crippen LogP contribution in [0.2, 0.25) is 0 Å². The molecule has 2 atom stereocenters. The number of amides is 2. The van der Waals surface area contributed by atoms with Gasteiger partial charge in [0.1, 0.15) is 24.0 Å². The third kappa shape index (κ3) is 10.1. The largest absolute Gasteiger partial charge is 0.489 e. The van der Waals surface area contributed by atoms with Gasteiger partial charge in [-0.1, -0.05) is 62.2 Å². The molecular formula is C34H49N3O4. The van der Waals surface area contributed by atoms with Crippen LogP contribution in [0.15, 0.2) is 66.2 Å². The summed E-state index contributed by atoms with van der Waals surface area (Å²) in [6, 6.07) is 18.2. The third-order valence-corrected chi connectivity index (χ3v) is 7.48. The number of hydrogen-bond acceptors (Lipinski definition) is 5. The number of rotatable bonds is 11. The van der Waals surface area contributed by atoms with E-state index >= 15 is 0 Å². The predicted molar refractivity (Wildman–Crippen MR) is 166 cm³/mol. The number of anilines is 1. The molecule has 2 amide bonds. The number of benzene rings is 2. The summed E-state index contributed by atoms with van der Waals surface area (Å²) >= 11 is 0. The topological polar surface area (TPSA) is 71.1 Å². The van der Waals surface area contributed by atoms with Crippen molar-refractivity contribution in [2.75, 3.05) is 24.5 Å². The smallest absolute Gasteiger partial charge is 0.408 e. The Hall–Kier alpha value is -3.48. The molecule has 0 aromatic heterocycles. The van der Waals surface area contributed by atoms with Gasteiger partial charge in [-0.3, -0.25) is 4.79 Å². The molecule has 7 heteroatoms. The number of likely N-dealkylation sites (tertiary alicyclic amines) is 1. The van der Waals surface area contributed by atoms with E-state index in [0.29, 0.717) is 25.7 Å². The van der Waals surface area contributed by atoms with Crippen molar-refractivity contribution in [3.8, 4) is 5.75 Å². The number of alkyl carbamates (subject to hydrolysis) is 1. The highest BCUT2D eigenvalue weighted by Gasteiger charge is 2.34. The van der Waals surface area contributed by atoms with Gasteiger partial charge in [0.2, 0.25) is 5.91 Å². The van der Waals surface area contributed by atoms with E-state index < -0.39 is 17.7 Å². The van der Waals surface area contributed by atoms with Crippen molar-refractivity contribution in [1.82, 2.24) is 10.2 Å². The fourth-order valence-corrected chi connectivity index (χ4v) is 4.93. The van der Waals surface area contributed by atoms with Crippen LogP contribution >= 0.6 is 0 Å². The Morgan fingerprint density at radius 2 is 1.68 bits per heavy atom. The molecule has 0 bridgehead atoms. The van der Waals surface area contributed by atoms with Gasteiger partial charge in [-0.15, -0.1) is 0 Å². The molecule has 41 heavy (non-hydrogen) atoms. The van der Waals surface area contributed by atoms with Crippen molar-refractivity contribution >= 4 is 17.7 Å². The first kappa shape index (κ1) is 32.0. The molecule has 3 rings (SSSR count). The number of carbonyl (C=O) groups is 2. The molecule has 1 unspecified atom stereocenters. The highest BCUT2D eigenvalue weighted by atomic mass is 16.6. The van der Waals surface area contributed by atoms with Crippen LogP contribution in [-0.4, -0.2) is 54.2 Å². The molecule has 1 saturated heterocycles. The SMILES string of the molecule is CCC(C)[C@H](NC(=O)OC(C)(C)C)C(=O)N1CCC(N(CC=C(C)C)c2ccc(OCc3ccccc3)cc2)CC1. The second-order valence-electron chi connectivity index (χ2n) is 12.3. The summed E-state index contributed by atoms with van der Waals surface area (Å²) in [6.07, 6.45) is 4.20. The maximum Gasteiger partial charge on any atom is 0.408 e. The van der Waals surface area contributed by atoms with E-state index in [2.05, 4.69) is 54.4 Å². The maximum absolute atomic E-state index is 13.6. The number of allylic oxidation sites excluding steroid dienone is 1. The standard InChI is InChI=1S/C34H49N3O4/c1-8-26(4)31(35-33(39)41-34(5,6)7)32(38)36-21-19-29(20-22-36)37(23-18-25(2)3)28-14-16-30(17-15-28)40-24-27-12-10-9-11-13-27/h9-18,26,29,31H,8,19-24H2,1-7H3,(H,35,39)/t26?,31-/m0/s1. The maximum atomic E-state index is 13.6. The lowest BCUT2D eigenvalue weighted by molar-refractivity contribution is -0.135. The summed E-state index contributed by atoms with van der Waals surface area (Å²) < 4.78 is 11.5. The first-order valence-electron chi connectivity index (χ1n) is 14.9. The van der Waals surface area contributed by atoms with E-state index in [-0.39, 0.29) is 11.8 Å². The number of hydrogen-bond donors (Lipinski definition) is 1. The molecule has 0 radical (unpaired) electrons. The monoisotopic (exact) mass is 563 g/mol. The van der Waals surface area contributed by atoms with Crippen molar-refractivity contribution in [2.24, 2.45) is 5.92 Å². The van der Waals surface area contributed by atoms with Crippen molar-refractivity contribution in [1.29, 1.82) is 0 Å². The summed E-state index contributed by atoms with van der Waals surface area (Å²) in [5.74, 6) is 0.817. The molecule has 1 aliphatic heterocycles. The summed E-state index contributed by atoms with van der Waals surface area (Å²) in [5.41, 5.74) is 2.94. The average molecular weight is 564 g/mol. The molecule has 7 nitrogen and oxygen atoms in total. The molecular weight excluding hydrogens is 514 g/mol. The van der Waals surface area contributed by atoms with Crippen LogP contribution in [0, 0.1) is 5.92 Å². The van der Waals surface area contributed by atoms with Crippen LogP contribution in [0.3, 0.4) is 0 Å². The van der Waals surface area contributed by atoms with E-state index in [1.54, 1.807) is 0 Å². The Labute approximate surface area is 246 Å². The Balaban J connectivity index is 1.65. The molecule has 2 aromatic carbocycles. The first-order chi connectivity index (χ1) is 19.5. The van der Waals surface area contributed by atoms with Gasteiger partial charge in [-0.25, -0.2) is 4.79 Å². The number of ether oxygens (including phenoxy) is 2. The molecule has 1 aliphatic rings. The molecule has 224 valence electrons. The lowest BCUT2D eigenvalue weighted by Crippen LogP contribution is -2.55. The molecule has 1 fully saturated rings. The van der Waals surface area contributed by atoms with E-state index in [1.165, 1.54) is 5.57 Å². The minimum atomic E-state index is -0.619. The van der Waals surface area contributed by atoms with Gasteiger partial charge >= 0.3 is 6.09 Å². The van der Waals surface area contributed by atoms with Crippen LogP contribution in [0.5, 0.6) is 5.75 Å². The van der Waals surface area contributed by atoms with Crippen LogP contribution in [0.25, 0.3) is 0 Å². The Bertz CT molecular complexity index is 1130. The van der Waals surface area contributed by atoms with Crippen molar-refractivity contribution < 1.29 is 19.1 Å². The van der Waals surface area contributed by atoms with Crippen LogP contribution in [-0.2, 0) is 16.1 Å². The third-order valence-electron chi connectivity index (χ3n) is 7.48. The lowest BCUT2D eigenvalue weighted by atomic mass is 9.95. The highest BCUT2D eigenvalue weighted by Crippen LogP contribution is 2.27. The van der Waals surface area contributed by atoms with Crippen molar-refractivity contribution in [3.63, 3.8) is 0 Å². The van der Waals surface area contributed by atoms with Crippen LogP contribution in [0.1, 0.15) is 73.3 Å². The van der Waals surface area contributed by atoms with Crippen LogP contribution < -0.4 is 15.0 Å². The van der Waals surface area contributed by atoms with Gasteiger partial charge in [-0.05, 0) is 83.2 Å². The second kappa shape index (κ2) is 14.9. The molecule has 2 aromatic rings. The number of nitrogens with zero attached hydrogens (tertiary/aromatic N) is 2. The average Bonchev–Trinajstić information content (AvgIpc) is 2.94. The van der Waals surface area contributed by atoms with E-state index in [1.807, 2.05) is 69.9 Å². The summed E-state index contributed by atoms with van der Waals surface area (Å²) in [6.45, 7) is 16.4. The summed E-state index contributed by atoms with van der Waals surface area (Å²) in [5, 5.41) is 2.86.